The molecule has 2 heterocycles. The molecule has 0 radical (unpaired) electrons. The minimum absolute atomic E-state index is 0.168. The molecule has 0 aromatic carbocycles. The third-order valence-corrected chi connectivity index (χ3v) is 2.33. The van der Waals surface area contributed by atoms with Gasteiger partial charge in [-0.2, -0.15) is 0 Å². The minimum atomic E-state index is -0.582. The van der Waals surface area contributed by atoms with Gasteiger partial charge in [-0.05, 0) is 19.9 Å². The van der Waals surface area contributed by atoms with Gasteiger partial charge in [0, 0.05) is 0 Å². The van der Waals surface area contributed by atoms with Crippen molar-refractivity contribution in [2.75, 3.05) is 0 Å². The number of nitrogens with zero attached hydrogens (tertiary/aromatic N) is 2. The van der Waals surface area contributed by atoms with Crippen molar-refractivity contribution in [3.05, 3.63) is 34.8 Å². The Morgan fingerprint density at radius 1 is 1.33 bits per heavy atom. The van der Waals surface area contributed by atoms with Gasteiger partial charge in [-0.3, -0.25) is 0 Å². The van der Waals surface area contributed by atoms with Crippen LogP contribution < -0.4 is 0 Å². The van der Waals surface area contributed by atoms with Crippen LogP contribution in [0.2, 0.25) is 5.15 Å². The molecule has 0 unspecified atom stereocenters. The molecule has 0 atom stereocenters. The Morgan fingerprint density at radius 2 is 2.07 bits per heavy atom. The van der Waals surface area contributed by atoms with Crippen molar-refractivity contribution in [1.29, 1.82) is 0 Å². The van der Waals surface area contributed by atoms with Gasteiger partial charge in [-0.15, -0.1) is 0 Å². The second-order valence-corrected chi connectivity index (χ2v) is 3.49. The van der Waals surface area contributed by atoms with Crippen LogP contribution in [0, 0.1) is 19.7 Å². The van der Waals surface area contributed by atoms with Crippen LogP contribution in [0.1, 0.15) is 11.5 Å². The lowest BCUT2D eigenvalue weighted by molar-refractivity contribution is 0.535. The lowest BCUT2D eigenvalue weighted by atomic mass is 10.2. The summed E-state index contributed by atoms with van der Waals surface area (Å²) < 4.78 is 18.3. The molecule has 2 aromatic heterocycles. The van der Waals surface area contributed by atoms with Crippen LogP contribution in [0.3, 0.4) is 0 Å². The first-order valence-electron chi connectivity index (χ1n) is 4.33. The molecule has 0 amide bonds. The zero-order valence-electron chi connectivity index (χ0n) is 8.21. The van der Waals surface area contributed by atoms with Gasteiger partial charge in [-0.1, -0.05) is 11.6 Å². The molecular weight excluding hydrogens is 219 g/mol. The Morgan fingerprint density at radius 3 is 2.60 bits per heavy atom. The quantitative estimate of drug-likeness (QED) is 0.702. The summed E-state index contributed by atoms with van der Waals surface area (Å²) in [5.41, 5.74) is 0.950. The fraction of sp³-hybridized carbons (Fsp3) is 0.200. The van der Waals surface area contributed by atoms with E-state index in [1.165, 1.54) is 6.26 Å². The van der Waals surface area contributed by atoms with Crippen molar-refractivity contribution in [2.45, 2.75) is 13.8 Å². The third-order valence-electron chi connectivity index (χ3n) is 2.08. The van der Waals surface area contributed by atoms with E-state index in [2.05, 4.69) is 9.97 Å². The van der Waals surface area contributed by atoms with Crippen LogP contribution >= 0.6 is 11.6 Å². The molecule has 0 spiro atoms. The molecule has 3 nitrogen and oxygen atoms in total. The first kappa shape index (κ1) is 10.1. The first-order valence-corrected chi connectivity index (χ1v) is 4.71. The zero-order chi connectivity index (χ0) is 11.0. The van der Waals surface area contributed by atoms with Gasteiger partial charge in [0.1, 0.15) is 5.76 Å². The number of hydrogen-bond donors (Lipinski definition) is 0. The molecule has 78 valence electrons. The summed E-state index contributed by atoms with van der Waals surface area (Å²) in [7, 11) is 0. The Labute approximate surface area is 90.9 Å². The van der Waals surface area contributed by atoms with Crippen LogP contribution in [0.5, 0.6) is 0 Å². The molecule has 0 bridgehead atoms. The largest absolute Gasteiger partial charge is 0.469 e. The minimum Gasteiger partial charge on any atom is -0.469 e. The maximum absolute atomic E-state index is 13.2. The highest BCUT2D eigenvalue weighted by Crippen LogP contribution is 2.24. The topological polar surface area (TPSA) is 38.9 Å². The normalized spacial score (nSPS) is 10.7. The van der Waals surface area contributed by atoms with Crippen LogP contribution in [-0.4, -0.2) is 9.97 Å². The highest BCUT2D eigenvalue weighted by Gasteiger charge is 2.13. The Kier molecular flexibility index (Phi) is 2.44. The number of hydrogen-bond acceptors (Lipinski definition) is 3. The highest BCUT2D eigenvalue weighted by atomic mass is 35.5. The number of halogens is 2. The number of aryl methyl sites for hydroxylation is 2. The van der Waals surface area contributed by atoms with Crippen molar-refractivity contribution in [3.63, 3.8) is 0 Å². The summed E-state index contributed by atoms with van der Waals surface area (Å²) in [6, 6.07) is 1.72. The third kappa shape index (κ3) is 1.72. The fourth-order valence-corrected chi connectivity index (χ4v) is 1.48. The molecule has 0 N–H and O–H groups in total. The number of furan rings is 1. The average molecular weight is 227 g/mol. The molecule has 0 aliphatic carbocycles. The number of rotatable bonds is 1. The van der Waals surface area contributed by atoms with Crippen molar-refractivity contribution >= 4 is 11.6 Å². The van der Waals surface area contributed by atoms with E-state index in [1.807, 2.05) is 0 Å². The Hall–Kier alpha value is -1.42. The molecule has 5 heteroatoms. The SMILES string of the molecule is Cc1nc(-c2ccoc2C)nc(Cl)c1F. The second kappa shape index (κ2) is 3.62. The molecule has 0 aliphatic rings. The van der Waals surface area contributed by atoms with E-state index in [9.17, 15) is 4.39 Å². The van der Waals surface area contributed by atoms with E-state index in [0.29, 0.717) is 11.6 Å². The molecule has 0 saturated heterocycles. The van der Waals surface area contributed by atoms with Crippen LogP contribution in [0.25, 0.3) is 11.4 Å². The Balaban J connectivity index is 2.60. The zero-order valence-corrected chi connectivity index (χ0v) is 8.97. The summed E-state index contributed by atoms with van der Waals surface area (Å²) in [6.45, 7) is 3.33. The van der Waals surface area contributed by atoms with Crippen LogP contribution in [0.4, 0.5) is 4.39 Å². The van der Waals surface area contributed by atoms with E-state index in [-0.39, 0.29) is 10.8 Å². The van der Waals surface area contributed by atoms with E-state index in [4.69, 9.17) is 16.0 Å². The summed E-state index contributed by atoms with van der Waals surface area (Å²) in [5, 5.41) is -0.168. The van der Waals surface area contributed by atoms with E-state index in [1.54, 1.807) is 19.9 Å². The van der Waals surface area contributed by atoms with Gasteiger partial charge >= 0.3 is 0 Å². The average Bonchev–Trinajstić information content (AvgIpc) is 2.60. The lowest BCUT2D eigenvalue weighted by Crippen LogP contribution is -1.97. The molecule has 2 rings (SSSR count). The molecule has 0 fully saturated rings. The predicted octanol–water partition coefficient (Wildman–Crippen LogP) is 3.15. The smallest absolute Gasteiger partial charge is 0.181 e. The predicted molar refractivity (Wildman–Crippen MR) is 54.2 cm³/mol. The van der Waals surface area contributed by atoms with Gasteiger partial charge in [0.2, 0.25) is 0 Å². The van der Waals surface area contributed by atoms with Gasteiger partial charge in [0.15, 0.2) is 16.8 Å². The second-order valence-electron chi connectivity index (χ2n) is 3.13. The molecule has 2 aromatic rings. The van der Waals surface area contributed by atoms with Crippen molar-refractivity contribution in [1.82, 2.24) is 9.97 Å². The number of aromatic nitrogens is 2. The van der Waals surface area contributed by atoms with Crippen molar-refractivity contribution in [3.8, 4) is 11.4 Å². The summed E-state index contributed by atoms with van der Waals surface area (Å²) in [5.74, 6) is 0.476. The lowest BCUT2D eigenvalue weighted by Gasteiger charge is -2.02. The van der Waals surface area contributed by atoms with Crippen molar-refractivity contribution in [2.24, 2.45) is 0 Å². The fourth-order valence-electron chi connectivity index (χ4n) is 1.26. The maximum Gasteiger partial charge on any atom is 0.181 e. The monoisotopic (exact) mass is 226 g/mol. The van der Waals surface area contributed by atoms with E-state index >= 15 is 0 Å². The maximum atomic E-state index is 13.2. The van der Waals surface area contributed by atoms with Gasteiger partial charge in [0.25, 0.3) is 0 Å². The molecule has 0 aliphatic heterocycles. The highest BCUT2D eigenvalue weighted by molar-refractivity contribution is 6.29. The van der Waals surface area contributed by atoms with Crippen LogP contribution in [-0.2, 0) is 0 Å². The molecule has 0 saturated carbocycles. The van der Waals surface area contributed by atoms with E-state index in [0.717, 1.165) is 5.56 Å². The standard InChI is InChI=1S/C10H8ClFN2O/c1-5-8(12)9(11)14-10(13-5)7-3-4-15-6(7)2/h3-4H,1-2H3. The first-order chi connectivity index (χ1) is 7.09. The molecular formula is C10H8ClFN2O. The van der Waals surface area contributed by atoms with Gasteiger partial charge < -0.3 is 4.42 Å². The summed E-state index contributed by atoms with van der Waals surface area (Å²) >= 11 is 5.63. The van der Waals surface area contributed by atoms with Crippen molar-refractivity contribution < 1.29 is 8.81 Å². The van der Waals surface area contributed by atoms with Crippen LogP contribution in [0.15, 0.2) is 16.7 Å². The van der Waals surface area contributed by atoms with Gasteiger partial charge in [-0.25, -0.2) is 14.4 Å². The Bertz CT molecular complexity index is 487. The van der Waals surface area contributed by atoms with E-state index < -0.39 is 5.82 Å². The summed E-state index contributed by atoms with van der Waals surface area (Å²) in [6.07, 6.45) is 1.53. The summed E-state index contributed by atoms with van der Waals surface area (Å²) in [4.78, 5) is 7.86. The molecule has 15 heavy (non-hydrogen) atoms. The van der Waals surface area contributed by atoms with Gasteiger partial charge in [0.05, 0.1) is 17.5 Å².